The van der Waals surface area contributed by atoms with Crippen LogP contribution in [0.5, 0.6) is 0 Å². The van der Waals surface area contributed by atoms with E-state index < -0.39 is 10.0 Å². The summed E-state index contributed by atoms with van der Waals surface area (Å²) in [6.07, 6.45) is 1.12. The first-order valence-corrected chi connectivity index (χ1v) is 8.20. The molecule has 120 valence electrons. The first-order valence-electron chi connectivity index (χ1n) is 6.31. The highest BCUT2D eigenvalue weighted by molar-refractivity contribution is 7.88. The van der Waals surface area contributed by atoms with Gasteiger partial charge in [0, 0.05) is 24.7 Å². The molecular formula is C13H22ClN3O3S. The Bertz CT molecular complexity index is 546. The SMILES string of the molecule is CNCC(C)C(=O)Nc1ccc(CNS(C)(=O)=O)cc1.Cl. The Morgan fingerprint density at radius 1 is 1.24 bits per heavy atom. The van der Waals surface area contributed by atoms with Crippen LogP contribution in [0, 0.1) is 5.92 Å². The van der Waals surface area contributed by atoms with Gasteiger partial charge in [0.15, 0.2) is 0 Å². The number of rotatable bonds is 7. The predicted octanol–water partition coefficient (Wildman–Crippen LogP) is 0.952. The molecule has 0 aliphatic rings. The molecule has 1 amide bonds. The highest BCUT2D eigenvalue weighted by atomic mass is 35.5. The van der Waals surface area contributed by atoms with Crippen LogP contribution in [-0.2, 0) is 21.4 Å². The van der Waals surface area contributed by atoms with E-state index in [1.165, 1.54) is 0 Å². The van der Waals surface area contributed by atoms with Crippen LogP contribution in [0.15, 0.2) is 24.3 Å². The molecule has 0 radical (unpaired) electrons. The Labute approximate surface area is 132 Å². The monoisotopic (exact) mass is 335 g/mol. The lowest BCUT2D eigenvalue weighted by Crippen LogP contribution is -2.28. The van der Waals surface area contributed by atoms with E-state index in [4.69, 9.17) is 0 Å². The quantitative estimate of drug-likeness (QED) is 0.692. The molecule has 0 heterocycles. The van der Waals surface area contributed by atoms with Gasteiger partial charge in [0.25, 0.3) is 0 Å². The van der Waals surface area contributed by atoms with Gasteiger partial charge in [-0.2, -0.15) is 0 Å². The Morgan fingerprint density at radius 2 is 1.81 bits per heavy atom. The van der Waals surface area contributed by atoms with Crippen molar-refractivity contribution in [3.8, 4) is 0 Å². The van der Waals surface area contributed by atoms with Crippen molar-refractivity contribution < 1.29 is 13.2 Å². The van der Waals surface area contributed by atoms with Crippen LogP contribution in [0.4, 0.5) is 5.69 Å². The van der Waals surface area contributed by atoms with Crippen LogP contribution in [-0.4, -0.2) is 34.2 Å². The summed E-state index contributed by atoms with van der Waals surface area (Å²) in [4.78, 5) is 11.8. The lowest BCUT2D eigenvalue weighted by molar-refractivity contribution is -0.119. The number of carbonyl (C=O) groups is 1. The van der Waals surface area contributed by atoms with E-state index >= 15 is 0 Å². The highest BCUT2D eigenvalue weighted by Gasteiger charge is 2.11. The zero-order valence-corrected chi connectivity index (χ0v) is 14.0. The van der Waals surface area contributed by atoms with Gasteiger partial charge in [0.1, 0.15) is 0 Å². The van der Waals surface area contributed by atoms with Gasteiger partial charge in [-0.15, -0.1) is 12.4 Å². The zero-order chi connectivity index (χ0) is 15.2. The van der Waals surface area contributed by atoms with Gasteiger partial charge in [0.05, 0.1) is 6.26 Å². The van der Waals surface area contributed by atoms with Gasteiger partial charge < -0.3 is 10.6 Å². The molecule has 6 nitrogen and oxygen atoms in total. The number of hydrogen-bond donors (Lipinski definition) is 3. The van der Waals surface area contributed by atoms with Gasteiger partial charge >= 0.3 is 0 Å². The van der Waals surface area contributed by atoms with Crippen molar-refractivity contribution >= 4 is 34.0 Å². The molecule has 8 heteroatoms. The van der Waals surface area contributed by atoms with Gasteiger partial charge in [-0.1, -0.05) is 19.1 Å². The fraction of sp³-hybridized carbons (Fsp3) is 0.462. The Kier molecular flexibility index (Phi) is 8.50. The molecule has 1 aromatic rings. The molecule has 1 unspecified atom stereocenters. The second-order valence-corrected chi connectivity index (χ2v) is 6.57. The molecular weight excluding hydrogens is 314 g/mol. The number of sulfonamides is 1. The molecule has 1 rings (SSSR count). The average molecular weight is 336 g/mol. The second kappa shape index (κ2) is 8.99. The van der Waals surface area contributed by atoms with Crippen molar-refractivity contribution in [1.29, 1.82) is 0 Å². The summed E-state index contributed by atoms with van der Waals surface area (Å²) in [6.45, 7) is 2.70. The Morgan fingerprint density at radius 3 is 2.29 bits per heavy atom. The zero-order valence-electron chi connectivity index (χ0n) is 12.3. The largest absolute Gasteiger partial charge is 0.326 e. The summed E-state index contributed by atoms with van der Waals surface area (Å²) in [5.74, 6) is -0.173. The number of hydrogen-bond acceptors (Lipinski definition) is 4. The van der Waals surface area contributed by atoms with Crippen molar-refractivity contribution in [2.24, 2.45) is 5.92 Å². The summed E-state index contributed by atoms with van der Waals surface area (Å²) in [7, 11) is -1.40. The standard InChI is InChI=1S/C13H21N3O3S.ClH/c1-10(8-14-2)13(17)16-12-6-4-11(5-7-12)9-15-20(3,18)19;/h4-7,10,14-15H,8-9H2,1-3H3,(H,16,17);1H. The van der Waals surface area contributed by atoms with Crippen molar-refractivity contribution in [1.82, 2.24) is 10.0 Å². The van der Waals surface area contributed by atoms with Crippen molar-refractivity contribution in [3.63, 3.8) is 0 Å². The summed E-state index contributed by atoms with van der Waals surface area (Å²) in [6, 6.07) is 7.06. The van der Waals surface area contributed by atoms with E-state index in [1.54, 1.807) is 31.3 Å². The lowest BCUT2D eigenvalue weighted by atomic mass is 10.1. The molecule has 0 aliphatic carbocycles. The molecule has 0 bridgehead atoms. The van der Waals surface area contributed by atoms with E-state index in [2.05, 4.69) is 15.4 Å². The number of anilines is 1. The van der Waals surface area contributed by atoms with Gasteiger partial charge in [-0.25, -0.2) is 13.1 Å². The predicted molar refractivity (Wildman–Crippen MR) is 87.1 cm³/mol. The first kappa shape index (κ1) is 19.9. The maximum atomic E-state index is 11.8. The molecule has 0 saturated carbocycles. The molecule has 21 heavy (non-hydrogen) atoms. The maximum Gasteiger partial charge on any atom is 0.228 e. The van der Waals surface area contributed by atoms with Crippen molar-refractivity contribution in [3.05, 3.63) is 29.8 Å². The third kappa shape index (κ3) is 8.01. The van der Waals surface area contributed by atoms with E-state index in [1.807, 2.05) is 6.92 Å². The molecule has 0 saturated heterocycles. The normalized spacial score (nSPS) is 12.3. The van der Waals surface area contributed by atoms with Gasteiger partial charge in [-0.3, -0.25) is 4.79 Å². The minimum atomic E-state index is -3.20. The van der Waals surface area contributed by atoms with Gasteiger partial charge in [0.2, 0.25) is 15.9 Å². The number of carbonyl (C=O) groups excluding carboxylic acids is 1. The Hall–Kier alpha value is -1.15. The van der Waals surface area contributed by atoms with Crippen molar-refractivity contribution in [2.75, 3.05) is 25.2 Å². The van der Waals surface area contributed by atoms with Crippen LogP contribution in [0.3, 0.4) is 0 Å². The van der Waals surface area contributed by atoms with Crippen LogP contribution >= 0.6 is 12.4 Å². The molecule has 1 aromatic carbocycles. The average Bonchev–Trinajstić information content (AvgIpc) is 2.37. The fourth-order valence-electron chi connectivity index (χ4n) is 1.58. The third-order valence-electron chi connectivity index (χ3n) is 2.72. The molecule has 0 aromatic heterocycles. The molecule has 0 aliphatic heterocycles. The van der Waals surface area contributed by atoms with E-state index in [0.29, 0.717) is 12.2 Å². The Balaban J connectivity index is 0.00000400. The van der Waals surface area contributed by atoms with Gasteiger partial charge in [-0.05, 0) is 24.7 Å². The second-order valence-electron chi connectivity index (χ2n) is 4.74. The smallest absolute Gasteiger partial charge is 0.228 e. The first-order chi connectivity index (χ1) is 9.31. The minimum Gasteiger partial charge on any atom is -0.326 e. The lowest BCUT2D eigenvalue weighted by Gasteiger charge is -2.12. The van der Waals surface area contributed by atoms with E-state index in [-0.39, 0.29) is 30.8 Å². The number of nitrogens with one attached hydrogen (secondary N) is 3. The van der Waals surface area contributed by atoms with Crippen LogP contribution in [0.25, 0.3) is 0 Å². The number of benzene rings is 1. The molecule has 0 fully saturated rings. The summed E-state index contributed by atoms with van der Waals surface area (Å²) >= 11 is 0. The van der Waals surface area contributed by atoms with E-state index in [9.17, 15) is 13.2 Å². The van der Waals surface area contributed by atoms with Crippen molar-refractivity contribution in [2.45, 2.75) is 13.5 Å². The van der Waals surface area contributed by atoms with Crippen LogP contribution < -0.4 is 15.4 Å². The topological polar surface area (TPSA) is 87.3 Å². The number of halogens is 1. The number of amides is 1. The summed E-state index contributed by atoms with van der Waals surface area (Å²) < 4.78 is 24.4. The fourth-order valence-corrected chi connectivity index (χ4v) is 2.01. The molecule has 1 atom stereocenters. The summed E-state index contributed by atoms with van der Waals surface area (Å²) in [5, 5.41) is 5.76. The summed E-state index contributed by atoms with van der Waals surface area (Å²) in [5.41, 5.74) is 1.53. The molecule has 0 spiro atoms. The van der Waals surface area contributed by atoms with E-state index in [0.717, 1.165) is 11.8 Å². The highest BCUT2D eigenvalue weighted by Crippen LogP contribution is 2.11. The third-order valence-corrected chi connectivity index (χ3v) is 3.39. The van der Waals surface area contributed by atoms with Crippen LogP contribution in [0.2, 0.25) is 0 Å². The minimum absolute atomic E-state index is 0. The molecule has 3 N–H and O–H groups in total. The van der Waals surface area contributed by atoms with Crippen LogP contribution in [0.1, 0.15) is 12.5 Å². The maximum absolute atomic E-state index is 11.8.